The van der Waals surface area contributed by atoms with Crippen molar-refractivity contribution in [1.29, 1.82) is 0 Å². The van der Waals surface area contributed by atoms with Crippen LogP contribution in [0.3, 0.4) is 0 Å². The molecule has 10 aromatic rings. The molecule has 0 saturated heterocycles. The molecule has 0 spiro atoms. The first-order chi connectivity index (χ1) is 35.5. The summed E-state index contributed by atoms with van der Waals surface area (Å²) in [6.07, 6.45) is 0. The second kappa shape index (κ2) is 25.9. The molecule has 0 atom stereocenters. The predicted octanol–water partition coefficient (Wildman–Crippen LogP) is 22.1. The summed E-state index contributed by atoms with van der Waals surface area (Å²) in [5, 5.41) is 6.05. The van der Waals surface area contributed by atoms with Crippen molar-refractivity contribution in [2.24, 2.45) is 0 Å². The molecule has 0 saturated carbocycles. The van der Waals surface area contributed by atoms with Gasteiger partial charge in [0.15, 0.2) is 0 Å². The predicted molar refractivity (Wildman–Crippen MR) is 334 cm³/mol. The van der Waals surface area contributed by atoms with E-state index < -0.39 is 0 Å². The third kappa shape index (κ3) is 14.0. The van der Waals surface area contributed by atoms with Crippen LogP contribution in [0.5, 0.6) is 23.0 Å². The van der Waals surface area contributed by atoms with E-state index in [-0.39, 0.29) is 5.82 Å². The zero-order valence-electron chi connectivity index (χ0n) is 48.0. The van der Waals surface area contributed by atoms with Crippen molar-refractivity contribution >= 4 is 107 Å². The topological polar surface area (TPSA) is 36.9 Å². The van der Waals surface area contributed by atoms with Crippen molar-refractivity contribution in [3.63, 3.8) is 0 Å². The highest BCUT2D eigenvalue weighted by Gasteiger charge is 2.17. The van der Waals surface area contributed by atoms with Gasteiger partial charge in [-0.15, -0.1) is 56.7 Å². The van der Waals surface area contributed by atoms with Crippen LogP contribution in [0.25, 0.3) is 50.4 Å². The fourth-order valence-corrected chi connectivity index (χ4v) is 14.7. The van der Waals surface area contributed by atoms with Crippen LogP contribution in [0.1, 0.15) is 157 Å². The van der Waals surface area contributed by atoms with Gasteiger partial charge in [0.2, 0.25) is 0 Å². The van der Waals surface area contributed by atoms with Crippen LogP contribution in [0.2, 0.25) is 0 Å². The van der Waals surface area contributed by atoms with Gasteiger partial charge in [-0.25, -0.2) is 4.39 Å². The lowest BCUT2D eigenvalue weighted by Crippen LogP contribution is -1.88. The van der Waals surface area contributed by atoms with Crippen molar-refractivity contribution in [3.8, 4) is 23.0 Å². The van der Waals surface area contributed by atoms with Crippen LogP contribution in [-0.2, 0) is 0 Å². The molecule has 10 heteroatoms. The molecule has 75 heavy (non-hydrogen) atoms. The molecule has 5 heterocycles. The molecule has 0 aliphatic rings. The summed E-state index contributed by atoms with van der Waals surface area (Å²) in [5.74, 6) is 6.49. The van der Waals surface area contributed by atoms with Crippen LogP contribution >= 0.6 is 56.7 Å². The summed E-state index contributed by atoms with van der Waals surface area (Å²) in [6.45, 7) is 34.6. The number of methoxy groups -OCH3 is 4. The van der Waals surface area contributed by atoms with Gasteiger partial charge < -0.3 is 18.9 Å². The Bertz CT molecular complexity index is 3420. The molecule has 0 aliphatic heterocycles. The van der Waals surface area contributed by atoms with Gasteiger partial charge >= 0.3 is 0 Å². The van der Waals surface area contributed by atoms with E-state index in [9.17, 15) is 4.39 Å². The molecule has 10 rings (SSSR count). The molecule has 0 bridgehead atoms. The summed E-state index contributed by atoms with van der Waals surface area (Å²) < 4.78 is 41.7. The van der Waals surface area contributed by atoms with Crippen molar-refractivity contribution in [1.82, 2.24) is 0 Å². The first-order valence-corrected chi connectivity index (χ1v) is 30.1. The van der Waals surface area contributed by atoms with Crippen LogP contribution in [0.15, 0.2) is 84.9 Å². The quantitative estimate of drug-likeness (QED) is 0.144. The maximum Gasteiger partial charge on any atom is 0.137 e. The Morgan fingerprint density at radius 2 is 0.747 bits per heavy atom. The summed E-state index contributed by atoms with van der Waals surface area (Å²) in [6, 6.07) is 30.1. The smallest absolute Gasteiger partial charge is 0.137 e. The number of thiophene rings is 5. The second-order valence-electron chi connectivity index (χ2n) is 21.0. The first-order valence-electron chi connectivity index (χ1n) is 26.0. The Morgan fingerprint density at radius 3 is 1.19 bits per heavy atom. The highest BCUT2D eigenvalue weighted by atomic mass is 32.1. The van der Waals surface area contributed by atoms with Gasteiger partial charge in [0.05, 0.1) is 47.2 Å². The van der Waals surface area contributed by atoms with Crippen LogP contribution < -0.4 is 18.9 Å². The minimum absolute atomic E-state index is 0.126. The Labute approximate surface area is 467 Å². The first kappa shape index (κ1) is 59.3. The van der Waals surface area contributed by atoms with Crippen LogP contribution in [0.4, 0.5) is 4.39 Å². The third-order valence-electron chi connectivity index (χ3n) is 13.0. The number of fused-ring (bicyclic) bond motifs is 5. The van der Waals surface area contributed by atoms with E-state index in [2.05, 4.69) is 177 Å². The number of benzene rings is 5. The molecule has 4 nitrogen and oxygen atoms in total. The highest BCUT2D eigenvalue weighted by Crippen LogP contribution is 2.43. The standard InChI is InChI=1S/C14H18OS.C13H15FOS.2C13H16OS.C12H14S/c1-8(2)13-10(4)11-6-9(3)7-12(15-5)14(11)16-13;1-7(2)11-6-9-12(14)8(3)5-10(15-4)13(9)16-11;2*1-8(2)12-7-10-5-9(3)6-11(14-4)13(10)15-12;1-8(2)11-7-10-6-4-5-9(3)12(10)13-11/h6-8H,1-5H3;5-7H,1-4H3;2*5-8H,1-4H3;4-8H,1-3H3. The van der Waals surface area contributed by atoms with Gasteiger partial charge in [-0.2, -0.15) is 0 Å². The zero-order chi connectivity index (χ0) is 55.2. The summed E-state index contributed by atoms with van der Waals surface area (Å²) in [5.41, 5.74) is 7.23. The maximum atomic E-state index is 13.9. The van der Waals surface area contributed by atoms with Gasteiger partial charge in [0.1, 0.15) is 28.8 Å². The normalized spacial score (nSPS) is 11.3. The van der Waals surface area contributed by atoms with Crippen molar-refractivity contribution < 1.29 is 23.3 Å². The Balaban J connectivity index is 0.000000153. The van der Waals surface area contributed by atoms with E-state index in [1.165, 1.54) is 92.5 Å². The fraction of sp³-hybridized carbons (Fsp3) is 0.385. The number of rotatable bonds is 9. The molecule has 0 amide bonds. The van der Waals surface area contributed by atoms with E-state index in [1.54, 1.807) is 52.8 Å². The second-order valence-corrected chi connectivity index (χ2v) is 26.4. The molecule has 0 radical (unpaired) electrons. The third-order valence-corrected chi connectivity index (χ3v) is 20.6. The van der Waals surface area contributed by atoms with E-state index in [0.717, 1.165) is 27.7 Å². The van der Waals surface area contributed by atoms with E-state index in [4.69, 9.17) is 18.9 Å². The van der Waals surface area contributed by atoms with Crippen molar-refractivity contribution in [2.45, 2.75) is 140 Å². The minimum atomic E-state index is -0.126. The SMILES string of the molecule is COc1cc(C)c(F)c2cc(C(C)C)sc12.COc1cc(C)cc2c(C)c(C(C)C)sc12.COc1cc(C)cc2cc(C(C)C)sc12.COc1cc(C)cc2cc(C(C)C)sc12.Cc1cccc2cc(C(C)C)sc12. The number of hydrogen-bond donors (Lipinski definition) is 0. The molecule has 5 aromatic carbocycles. The lowest BCUT2D eigenvalue weighted by Gasteiger charge is -2.04. The van der Waals surface area contributed by atoms with Crippen LogP contribution in [-0.4, -0.2) is 28.4 Å². The van der Waals surface area contributed by atoms with Crippen molar-refractivity contribution in [2.75, 3.05) is 28.4 Å². The Hall–Kier alpha value is -4.97. The minimum Gasteiger partial charge on any atom is -0.495 e. The maximum absolute atomic E-state index is 13.9. The summed E-state index contributed by atoms with van der Waals surface area (Å²) in [4.78, 5) is 7.00. The van der Waals surface area contributed by atoms with Gasteiger partial charge in [0, 0.05) is 34.5 Å². The molecule has 0 unspecified atom stereocenters. The van der Waals surface area contributed by atoms with Gasteiger partial charge in [-0.3, -0.25) is 0 Å². The van der Waals surface area contributed by atoms with E-state index >= 15 is 0 Å². The molecular formula is C65H79FO4S5. The van der Waals surface area contributed by atoms with Gasteiger partial charge in [-0.05, 0) is 175 Å². The molecule has 0 N–H and O–H groups in total. The Kier molecular flexibility index (Phi) is 20.5. The molecular weight excluding hydrogens is 1020 g/mol. The number of hydrogen-bond acceptors (Lipinski definition) is 9. The van der Waals surface area contributed by atoms with Gasteiger partial charge in [-0.1, -0.05) is 106 Å². The fourth-order valence-electron chi connectivity index (χ4n) is 8.83. The summed E-state index contributed by atoms with van der Waals surface area (Å²) >= 11 is 9.09. The average Bonchev–Trinajstić information content (AvgIpc) is 4.22. The van der Waals surface area contributed by atoms with Crippen LogP contribution in [0, 0.1) is 47.4 Å². The molecule has 400 valence electrons. The van der Waals surface area contributed by atoms with Crippen molar-refractivity contribution in [3.05, 3.63) is 149 Å². The lowest BCUT2D eigenvalue weighted by atomic mass is 10.0. The van der Waals surface area contributed by atoms with Gasteiger partial charge in [0.25, 0.3) is 0 Å². The largest absolute Gasteiger partial charge is 0.495 e. The Morgan fingerprint density at radius 1 is 0.360 bits per heavy atom. The molecule has 5 aromatic heterocycles. The monoisotopic (exact) mass is 1100 g/mol. The molecule has 0 aliphatic carbocycles. The summed E-state index contributed by atoms with van der Waals surface area (Å²) in [7, 11) is 6.85. The number of aryl methyl sites for hydroxylation is 6. The molecule has 0 fully saturated rings. The highest BCUT2D eigenvalue weighted by molar-refractivity contribution is 7.21. The zero-order valence-corrected chi connectivity index (χ0v) is 52.1. The number of ether oxygens (including phenoxy) is 4. The van der Waals surface area contributed by atoms with E-state index in [1.807, 2.05) is 51.4 Å². The number of halogens is 1. The van der Waals surface area contributed by atoms with E-state index in [0.29, 0.717) is 40.5 Å². The average molecular weight is 1100 g/mol. The lowest BCUT2D eigenvalue weighted by molar-refractivity contribution is 0.419.